The molecule has 0 bridgehead atoms. The molecule has 0 aliphatic rings. The molecule has 0 atom stereocenters. The molecule has 0 radical (unpaired) electrons. The van der Waals surface area contributed by atoms with E-state index < -0.39 is 0 Å². The van der Waals surface area contributed by atoms with Crippen LogP contribution in [0.25, 0.3) is 0 Å². The normalized spacial score (nSPS) is 10.4. The van der Waals surface area contributed by atoms with E-state index in [1.807, 2.05) is 42.5 Å². The van der Waals surface area contributed by atoms with Gasteiger partial charge in [0.05, 0.1) is 18.7 Å². The molecule has 2 aromatic rings. The summed E-state index contributed by atoms with van der Waals surface area (Å²) >= 11 is 6.09. The van der Waals surface area contributed by atoms with E-state index in [0.717, 1.165) is 24.2 Å². The molecule has 140 valence electrons. The number of halogens is 1. The molecule has 0 spiro atoms. The summed E-state index contributed by atoms with van der Waals surface area (Å²) in [7, 11) is 1.58. The maximum Gasteiger partial charge on any atom is 0.220 e. The second-order valence-electron chi connectivity index (χ2n) is 6.19. The second kappa shape index (κ2) is 10.7. The third-order valence-corrected chi connectivity index (χ3v) is 4.34. The van der Waals surface area contributed by atoms with Gasteiger partial charge >= 0.3 is 0 Å². The van der Waals surface area contributed by atoms with E-state index in [-0.39, 0.29) is 5.91 Å². The first kappa shape index (κ1) is 20.1. The van der Waals surface area contributed by atoms with E-state index in [4.69, 9.17) is 21.1 Å². The highest BCUT2D eigenvalue weighted by Crippen LogP contribution is 2.25. The van der Waals surface area contributed by atoms with Crippen LogP contribution in [0.15, 0.2) is 42.5 Å². The monoisotopic (exact) mass is 375 g/mol. The quantitative estimate of drug-likeness (QED) is 0.619. The van der Waals surface area contributed by atoms with Gasteiger partial charge in [0.1, 0.15) is 11.5 Å². The van der Waals surface area contributed by atoms with Crippen molar-refractivity contribution in [3.63, 3.8) is 0 Å². The fraction of sp³-hybridized carbons (Fsp3) is 0.381. The summed E-state index contributed by atoms with van der Waals surface area (Å²) in [4.78, 5) is 11.9. The fourth-order valence-electron chi connectivity index (χ4n) is 2.49. The molecule has 4 nitrogen and oxygen atoms in total. The fourth-order valence-corrected chi connectivity index (χ4v) is 2.77. The van der Waals surface area contributed by atoms with Crippen LogP contribution in [0.2, 0.25) is 5.02 Å². The summed E-state index contributed by atoms with van der Waals surface area (Å²) in [6.45, 7) is 3.37. The van der Waals surface area contributed by atoms with Crippen molar-refractivity contribution in [1.29, 1.82) is 0 Å². The van der Waals surface area contributed by atoms with Crippen LogP contribution in [0.5, 0.6) is 11.5 Å². The Bertz CT molecular complexity index is 701. The minimum Gasteiger partial charge on any atom is -0.495 e. The molecule has 0 aromatic heterocycles. The predicted octanol–water partition coefficient (Wildman–Crippen LogP) is 4.57. The molecule has 2 rings (SSSR count). The molecule has 1 N–H and O–H groups in total. The van der Waals surface area contributed by atoms with Gasteiger partial charge in [-0.05, 0) is 56.0 Å². The van der Waals surface area contributed by atoms with Crippen LogP contribution in [0.3, 0.4) is 0 Å². The van der Waals surface area contributed by atoms with Gasteiger partial charge < -0.3 is 14.8 Å². The van der Waals surface area contributed by atoms with Gasteiger partial charge in [-0.1, -0.05) is 35.4 Å². The maximum absolute atomic E-state index is 11.9. The predicted molar refractivity (Wildman–Crippen MR) is 105 cm³/mol. The Balaban J connectivity index is 1.56. The number of ether oxygens (including phenoxy) is 2. The lowest BCUT2D eigenvalue weighted by Crippen LogP contribution is -2.24. The number of hydrogen-bond acceptors (Lipinski definition) is 3. The first-order valence-electron chi connectivity index (χ1n) is 8.87. The van der Waals surface area contributed by atoms with Gasteiger partial charge in [-0.2, -0.15) is 0 Å². The van der Waals surface area contributed by atoms with Crippen molar-refractivity contribution in [2.45, 2.75) is 32.6 Å². The lowest BCUT2D eigenvalue weighted by Gasteiger charge is -2.08. The van der Waals surface area contributed by atoms with E-state index in [1.165, 1.54) is 5.56 Å². The van der Waals surface area contributed by atoms with E-state index in [2.05, 4.69) is 12.2 Å². The summed E-state index contributed by atoms with van der Waals surface area (Å²) in [6.07, 6.45) is 2.91. The number of hydrogen-bond donors (Lipinski definition) is 1. The SMILES string of the molecule is COc1ccc(CCC(=O)NCCCCOc2ccc(C)cc2)cc1Cl. The second-order valence-corrected chi connectivity index (χ2v) is 6.59. The number of benzene rings is 2. The zero-order valence-corrected chi connectivity index (χ0v) is 16.1. The van der Waals surface area contributed by atoms with E-state index in [1.54, 1.807) is 7.11 Å². The number of rotatable bonds is 10. The number of carbonyl (C=O) groups excluding carboxylic acids is 1. The molecule has 0 heterocycles. The van der Waals surface area contributed by atoms with E-state index in [0.29, 0.717) is 36.8 Å². The first-order valence-corrected chi connectivity index (χ1v) is 9.25. The number of methoxy groups -OCH3 is 1. The van der Waals surface area contributed by atoms with Crippen molar-refractivity contribution >= 4 is 17.5 Å². The summed E-state index contributed by atoms with van der Waals surface area (Å²) in [5.74, 6) is 1.59. The lowest BCUT2D eigenvalue weighted by atomic mass is 10.1. The molecular weight excluding hydrogens is 350 g/mol. The Kier molecular flexibility index (Phi) is 8.29. The molecule has 5 heteroatoms. The average molecular weight is 376 g/mol. The highest BCUT2D eigenvalue weighted by Gasteiger charge is 2.05. The van der Waals surface area contributed by atoms with Gasteiger partial charge in [0.15, 0.2) is 0 Å². The molecule has 2 aromatic carbocycles. The van der Waals surface area contributed by atoms with Gasteiger partial charge in [0, 0.05) is 13.0 Å². The minimum atomic E-state index is 0.0522. The average Bonchev–Trinajstić information content (AvgIpc) is 2.64. The molecule has 0 fully saturated rings. The van der Waals surface area contributed by atoms with Gasteiger partial charge in [-0.3, -0.25) is 4.79 Å². The van der Waals surface area contributed by atoms with Crippen LogP contribution in [0.4, 0.5) is 0 Å². The number of aryl methyl sites for hydroxylation is 2. The topological polar surface area (TPSA) is 47.6 Å². The Morgan fingerprint density at radius 3 is 2.58 bits per heavy atom. The van der Waals surface area contributed by atoms with Crippen molar-refractivity contribution < 1.29 is 14.3 Å². The van der Waals surface area contributed by atoms with E-state index in [9.17, 15) is 4.79 Å². The third-order valence-electron chi connectivity index (χ3n) is 4.04. The number of nitrogens with one attached hydrogen (secondary N) is 1. The van der Waals surface area contributed by atoms with Crippen molar-refractivity contribution in [3.05, 3.63) is 58.6 Å². The van der Waals surface area contributed by atoms with Crippen LogP contribution in [-0.4, -0.2) is 26.2 Å². The summed E-state index contributed by atoms with van der Waals surface area (Å²) in [5.41, 5.74) is 2.24. The van der Waals surface area contributed by atoms with Crippen molar-refractivity contribution in [2.24, 2.45) is 0 Å². The number of amides is 1. The number of carbonyl (C=O) groups is 1. The Labute approximate surface area is 160 Å². The molecule has 0 saturated carbocycles. The van der Waals surface area contributed by atoms with Gasteiger partial charge in [0.25, 0.3) is 0 Å². The molecule has 0 saturated heterocycles. The van der Waals surface area contributed by atoms with Gasteiger partial charge in [-0.25, -0.2) is 0 Å². The smallest absolute Gasteiger partial charge is 0.220 e. The van der Waals surface area contributed by atoms with Crippen LogP contribution in [0.1, 0.15) is 30.4 Å². The standard InChI is InChI=1S/C21H26ClNO3/c1-16-5-9-18(10-6-16)26-14-4-3-13-23-21(24)12-8-17-7-11-20(25-2)19(22)15-17/h5-7,9-11,15H,3-4,8,12-14H2,1-2H3,(H,23,24). The minimum absolute atomic E-state index is 0.0522. The summed E-state index contributed by atoms with van der Waals surface area (Å²) in [5, 5.41) is 3.51. The molecule has 0 aliphatic carbocycles. The van der Waals surface area contributed by atoms with Crippen molar-refractivity contribution in [1.82, 2.24) is 5.32 Å². The lowest BCUT2D eigenvalue weighted by molar-refractivity contribution is -0.121. The zero-order valence-electron chi connectivity index (χ0n) is 15.4. The van der Waals surface area contributed by atoms with Crippen LogP contribution >= 0.6 is 11.6 Å². The Hall–Kier alpha value is -2.20. The third kappa shape index (κ3) is 6.96. The van der Waals surface area contributed by atoms with Crippen LogP contribution < -0.4 is 14.8 Å². The van der Waals surface area contributed by atoms with E-state index >= 15 is 0 Å². The Morgan fingerprint density at radius 1 is 1.12 bits per heavy atom. The highest BCUT2D eigenvalue weighted by atomic mass is 35.5. The largest absolute Gasteiger partial charge is 0.495 e. The van der Waals surface area contributed by atoms with Crippen LogP contribution in [-0.2, 0) is 11.2 Å². The van der Waals surface area contributed by atoms with Crippen molar-refractivity contribution in [2.75, 3.05) is 20.3 Å². The van der Waals surface area contributed by atoms with Crippen molar-refractivity contribution in [3.8, 4) is 11.5 Å². The summed E-state index contributed by atoms with van der Waals surface area (Å²) in [6, 6.07) is 13.6. The molecule has 1 amide bonds. The van der Waals surface area contributed by atoms with Gasteiger partial charge in [-0.15, -0.1) is 0 Å². The summed E-state index contributed by atoms with van der Waals surface area (Å²) < 4.78 is 10.8. The molecule has 26 heavy (non-hydrogen) atoms. The highest BCUT2D eigenvalue weighted by molar-refractivity contribution is 6.32. The van der Waals surface area contributed by atoms with Gasteiger partial charge in [0.2, 0.25) is 5.91 Å². The molecular formula is C21H26ClNO3. The Morgan fingerprint density at radius 2 is 1.88 bits per heavy atom. The zero-order chi connectivity index (χ0) is 18.8. The first-order chi connectivity index (χ1) is 12.6. The molecule has 0 aliphatic heterocycles. The van der Waals surface area contributed by atoms with Crippen LogP contribution in [0, 0.1) is 6.92 Å². The molecule has 0 unspecified atom stereocenters. The maximum atomic E-state index is 11.9. The number of unbranched alkanes of at least 4 members (excludes halogenated alkanes) is 1.